The number of halogens is 3. The van der Waals surface area contributed by atoms with E-state index >= 15 is 0 Å². The quantitative estimate of drug-likeness (QED) is 0.327. The molecule has 0 spiro atoms. The molecule has 0 saturated carbocycles. The fourth-order valence-electron chi connectivity index (χ4n) is 4.77. The van der Waals surface area contributed by atoms with E-state index in [0.717, 1.165) is 29.1 Å². The van der Waals surface area contributed by atoms with Gasteiger partial charge in [-0.2, -0.15) is 13.2 Å². The zero-order valence-corrected chi connectivity index (χ0v) is 22.6. The molecule has 10 nitrogen and oxygen atoms in total. The topological polar surface area (TPSA) is 117 Å². The molecule has 2 aromatic carbocycles. The van der Waals surface area contributed by atoms with Crippen molar-refractivity contribution in [3.8, 4) is 11.6 Å². The lowest BCUT2D eigenvalue weighted by atomic mass is 10.0. The average molecular weight is 582 g/mol. The largest absolute Gasteiger partial charge is 0.465 e. The van der Waals surface area contributed by atoms with Crippen LogP contribution in [0.25, 0.3) is 10.9 Å². The van der Waals surface area contributed by atoms with E-state index in [1.807, 2.05) is 6.07 Å². The summed E-state index contributed by atoms with van der Waals surface area (Å²) in [5.74, 6) is -0.0609. The van der Waals surface area contributed by atoms with Crippen LogP contribution < -0.4 is 10.1 Å². The molecule has 1 aliphatic heterocycles. The number of hydrogen-bond donors (Lipinski definition) is 2. The van der Waals surface area contributed by atoms with Gasteiger partial charge in [-0.25, -0.2) is 9.78 Å². The smallest absolute Gasteiger partial charge is 0.416 e. The number of nitrogens with one attached hydrogen (secondary N) is 1. The number of amides is 3. The molecule has 1 aliphatic rings. The van der Waals surface area contributed by atoms with Gasteiger partial charge >= 0.3 is 12.3 Å². The monoisotopic (exact) mass is 581 g/mol. The highest BCUT2D eigenvalue weighted by atomic mass is 19.4. The molecule has 5 rings (SSSR count). The molecule has 0 unspecified atom stereocenters. The number of ether oxygens (including phenoxy) is 1. The summed E-state index contributed by atoms with van der Waals surface area (Å²) in [4.78, 5) is 44.0. The molecule has 3 amide bonds. The van der Waals surface area contributed by atoms with Crippen molar-refractivity contribution < 1.29 is 37.4 Å². The Labute approximate surface area is 237 Å². The van der Waals surface area contributed by atoms with Crippen molar-refractivity contribution in [3.05, 3.63) is 83.2 Å². The van der Waals surface area contributed by atoms with Gasteiger partial charge in [0.05, 0.1) is 23.0 Å². The van der Waals surface area contributed by atoms with Crippen LogP contribution in [-0.4, -0.2) is 68.5 Å². The molecule has 2 N–H and O–H groups in total. The lowest BCUT2D eigenvalue weighted by Gasteiger charge is -2.33. The number of carbonyl (C=O) groups excluding carboxylic acids is 2. The number of pyridine rings is 1. The van der Waals surface area contributed by atoms with Crippen molar-refractivity contribution in [2.75, 3.05) is 31.5 Å². The Balaban J connectivity index is 1.25. The van der Waals surface area contributed by atoms with Gasteiger partial charge in [-0.05, 0) is 55.0 Å². The van der Waals surface area contributed by atoms with Crippen molar-refractivity contribution in [3.63, 3.8) is 0 Å². The minimum Gasteiger partial charge on any atom is -0.465 e. The molecule has 1 saturated heterocycles. The lowest BCUT2D eigenvalue weighted by molar-refractivity contribution is -0.137. The normalized spacial score (nSPS) is 13.7. The van der Waals surface area contributed by atoms with Crippen LogP contribution in [-0.2, 0) is 13.2 Å². The summed E-state index contributed by atoms with van der Waals surface area (Å²) in [6.45, 7) is 2.57. The van der Waals surface area contributed by atoms with Crippen LogP contribution in [0.4, 0.5) is 23.7 Å². The zero-order chi connectivity index (χ0) is 30.2. The molecule has 0 atom stereocenters. The number of carboxylic acid groups (broad SMARTS) is 1. The number of aryl methyl sites for hydroxylation is 2. The first-order chi connectivity index (χ1) is 19.9. The molecule has 42 heavy (non-hydrogen) atoms. The van der Waals surface area contributed by atoms with Crippen LogP contribution in [0.15, 0.2) is 60.8 Å². The van der Waals surface area contributed by atoms with E-state index in [-0.39, 0.29) is 36.0 Å². The number of nitrogens with zero attached hydrogens (tertiary/aromatic N) is 4. The molecular formula is C29H26F3N5O5. The Hall–Kier alpha value is -5.07. The van der Waals surface area contributed by atoms with Crippen LogP contribution in [0.5, 0.6) is 11.6 Å². The van der Waals surface area contributed by atoms with Crippen molar-refractivity contribution in [1.82, 2.24) is 19.4 Å². The van der Waals surface area contributed by atoms with Gasteiger partial charge in [0.2, 0.25) is 5.88 Å². The second kappa shape index (κ2) is 11.1. The van der Waals surface area contributed by atoms with Gasteiger partial charge in [0.25, 0.3) is 11.8 Å². The fraction of sp³-hybridized carbons (Fsp3) is 0.241. The SMILES string of the molecule is Cc1cc(C(F)(F)F)ccc1C(=O)Nc1ccc(Oc2ccc3cc(C(=O)N4CCN(C(=O)O)CC4)n(C)c3c2)nc1. The number of fused-ring (bicyclic) bond motifs is 1. The summed E-state index contributed by atoms with van der Waals surface area (Å²) in [6, 6.07) is 13.1. The second-order valence-corrected chi connectivity index (χ2v) is 9.84. The third-order valence-corrected chi connectivity index (χ3v) is 7.09. The number of alkyl halides is 3. The summed E-state index contributed by atoms with van der Waals surface area (Å²) in [5.41, 5.74) is 1.02. The van der Waals surface area contributed by atoms with E-state index in [9.17, 15) is 27.6 Å². The van der Waals surface area contributed by atoms with Crippen LogP contribution in [0.1, 0.15) is 32.0 Å². The van der Waals surface area contributed by atoms with E-state index in [2.05, 4.69) is 10.3 Å². The Morgan fingerprint density at radius 1 is 0.952 bits per heavy atom. The van der Waals surface area contributed by atoms with Crippen molar-refractivity contribution in [2.45, 2.75) is 13.1 Å². The molecule has 2 aromatic heterocycles. The number of rotatable bonds is 5. The number of hydrogen-bond acceptors (Lipinski definition) is 5. The van der Waals surface area contributed by atoms with Crippen molar-refractivity contribution in [1.29, 1.82) is 0 Å². The standard InChI is InChI=1S/C29H26F3N5O5/c1-17-13-19(29(30,31)32)4-7-22(17)26(38)34-20-5-8-25(33-16-20)42-21-6-3-18-14-24(35(2)23(18)15-21)27(39)36-9-11-37(12-10-36)28(40)41/h3-8,13-16H,9-12H2,1-2H3,(H,34,38)(H,40,41). The Morgan fingerprint density at radius 3 is 2.29 bits per heavy atom. The highest BCUT2D eigenvalue weighted by molar-refractivity contribution is 6.05. The van der Waals surface area contributed by atoms with Gasteiger partial charge in [-0.1, -0.05) is 0 Å². The maximum Gasteiger partial charge on any atom is 0.416 e. The lowest BCUT2D eigenvalue weighted by Crippen LogP contribution is -2.50. The number of anilines is 1. The highest BCUT2D eigenvalue weighted by Gasteiger charge is 2.31. The minimum atomic E-state index is -4.50. The van der Waals surface area contributed by atoms with Gasteiger partial charge in [-0.3, -0.25) is 9.59 Å². The number of carbonyl (C=O) groups is 3. The first-order valence-electron chi connectivity index (χ1n) is 12.9. The maximum atomic E-state index is 13.1. The highest BCUT2D eigenvalue weighted by Crippen LogP contribution is 2.31. The molecule has 13 heteroatoms. The van der Waals surface area contributed by atoms with E-state index in [1.54, 1.807) is 40.8 Å². The first kappa shape index (κ1) is 28.5. The third kappa shape index (κ3) is 5.85. The molecule has 4 aromatic rings. The molecule has 218 valence electrons. The molecule has 1 fully saturated rings. The van der Waals surface area contributed by atoms with E-state index in [4.69, 9.17) is 9.84 Å². The number of aromatic nitrogens is 2. The second-order valence-electron chi connectivity index (χ2n) is 9.84. The van der Waals surface area contributed by atoms with E-state index < -0.39 is 23.7 Å². The van der Waals surface area contributed by atoms with Crippen molar-refractivity contribution >= 4 is 34.5 Å². The van der Waals surface area contributed by atoms with Gasteiger partial charge in [0.15, 0.2) is 0 Å². The molecule has 0 bridgehead atoms. The fourth-order valence-corrected chi connectivity index (χ4v) is 4.77. The van der Waals surface area contributed by atoms with E-state index in [1.165, 1.54) is 24.1 Å². The molecule has 0 radical (unpaired) electrons. The van der Waals surface area contributed by atoms with E-state index in [0.29, 0.717) is 30.2 Å². The molecule has 3 heterocycles. The summed E-state index contributed by atoms with van der Waals surface area (Å²) >= 11 is 0. The van der Waals surface area contributed by atoms with Crippen LogP contribution in [0, 0.1) is 6.92 Å². The predicted octanol–water partition coefficient (Wildman–Crippen LogP) is 5.38. The number of piperazine rings is 1. The van der Waals surface area contributed by atoms with Crippen LogP contribution in [0.3, 0.4) is 0 Å². The zero-order valence-electron chi connectivity index (χ0n) is 22.6. The van der Waals surface area contributed by atoms with Gasteiger partial charge in [0, 0.05) is 56.3 Å². The summed E-state index contributed by atoms with van der Waals surface area (Å²) in [6.07, 6.45) is -4.12. The Morgan fingerprint density at radius 2 is 1.67 bits per heavy atom. The maximum absolute atomic E-state index is 13.1. The van der Waals surface area contributed by atoms with Crippen LogP contribution in [0.2, 0.25) is 0 Å². The average Bonchev–Trinajstić information content (AvgIpc) is 3.28. The molecular weight excluding hydrogens is 555 g/mol. The Kier molecular flexibility index (Phi) is 7.50. The molecule has 0 aliphatic carbocycles. The van der Waals surface area contributed by atoms with Crippen molar-refractivity contribution in [2.24, 2.45) is 7.05 Å². The Bertz CT molecular complexity index is 1680. The number of benzene rings is 2. The predicted molar refractivity (Wildman–Crippen MR) is 147 cm³/mol. The van der Waals surface area contributed by atoms with Crippen LogP contribution >= 0.6 is 0 Å². The summed E-state index contributed by atoms with van der Waals surface area (Å²) in [7, 11) is 1.76. The summed E-state index contributed by atoms with van der Waals surface area (Å²) in [5, 5.41) is 12.6. The first-order valence-corrected chi connectivity index (χ1v) is 12.9. The third-order valence-electron chi connectivity index (χ3n) is 7.09. The summed E-state index contributed by atoms with van der Waals surface area (Å²) < 4.78 is 46.4. The van der Waals surface area contributed by atoms with Gasteiger partial charge in [0.1, 0.15) is 11.4 Å². The van der Waals surface area contributed by atoms with Gasteiger partial charge < -0.3 is 29.5 Å². The minimum absolute atomic E-state index is 0.111. The van der Waals surface area contributed by atoms with Gasteiger partial charge in [-0.15, -0.1) is 0 Å².